The van der Waals surface area contributed by atoms with Crippen LogP contribution < -0.4 is 10.2 Å². The van der Waals surface area contributed by atoms with Crippen LogP contribution in [-0.2, 0) is 0 Å². The van der Waals surface area contributed by atoms with Crippen molar-refractivity contribution in [3.63, 3.8) is 0 Å². The SMILES string of the molecule is O=C(Nc1c[nH]c2cc(F)c(F)cc12)c1ccc(N2CCC(F)(F)CC2)nc1. The molecule has 9 heteroatoms. The second kappa shape index (κ2) is 6.81. The molecule has 1 fully saturated rings. The van der Waals surface area contributed by atoms with Gasteiger partial charge in [-0.05, 0) is 18.2 Å². The Bertz CT molecular complexity index is 1020. The molecule has 5 nitrogen and oxygen atoms in total. The highest BCUT2D eigenvalue weighted by Crippen LogP contribution is 2.30. The number of alkyl halides is 2. The van der Waals surface area contributed by atoms with Crippen molar-refractivity contribution in [1.29, 1.82) is 0 Å². The third-order valence-electron chi connectivity index (χ3n) is 4.80. The molecule has 1 aromatic carbocycles. The first-order valence-electron chi connectivity index (χ1n) is 8.69. The third-order valence-corrected chi connectivity index (χ3v) is 4.80. The minimum absolute atomic E-state index is 0.197. The van der Waals surface area contributed by atoms with Crippen molar-refractivity contribution in [2.24, 2.45) is 0 Å². The molecule has 0 bridgehead atoms. The Morgan fingerprint density at radius 1 is 1.14 bits per heavy atom. The lowest BCUT2D eigenvalue weighted by Crippen LogP contribution is -2.39. The quantitative estimate of drug-likeness (QED) is 0.653. The van der Waals surface area contributed by atoms with Crippen molar-refractivity contribution in [3.8, 4) is 0 Å². The number of aromatic nitrogens is 2. The molecular formula is C19H16F4N4O. The van der Waals surface area contributed by atoms with Gasteiger partial charge in [0, 0.05) is 49.8 Å². The first-order chi connectivity index (χ1) is 13.3. The number of rotatable bonds is 3. The Labute approximate surface area is 157 Å². The van der Waals surface area contributed by atoms with Gasteiger partial charge in [-0.2, -0.15) is 0 Å². The van der Waals surface area contributed by atoms with Crippen molar-refractivity contribution in [2.45, 2.75) is 18.8 Å². The number of hydrogen-bond donors (Lipinski definition) is 2. The van der Waals surface area contributed by atoms with Crippen molar-refractivity contribution >= 4 is 28.3 Å². The highest BCUT2D eigenvalue weighted by molar-refractivity contribution is 6.08. The molecule has 28 heavy (non-hydrogen) atoms. The summed E-state index contributed by atoms with van der Waals surface area (Å²) in [5.74, 6) is -4.59. The zero-order valence-electron chi connectivity index (χ0n) is 14.6. The second-order valence-electron chi connectivity index (χ2n) is 6.72. The Morgan fingerprint density at radius 2 is 1.86 bits per heavy atom. The van der Waals surface area contributed by atoms with E-state index in [0.29, 0.717) is 22.4 Å². The van der Waals surface area contributed by atoms with E-state index < -0.39 is 23.5 Å². The lowest BCUT2D eigenvalue weighted by Gasteiger charge is -2.32. The molecule has 0 saturated carbocycles. The van der Waals surface area contributed by atoms with E-state index in [-0.39, 0.29) is 31.5 Å². The fraction of sp³-hybridized carbons (Fsp3) is 0.263. The van der Waals surface area contributed by atoms with Crippen LogP contribution in [0.15, 0.2) is 36.7 Å². The topological polar surface area (TPSA) is 61.0 Å². The summed E-state index contributed by atoms with van der Waals surface area (Å²) in [4.78, 5) is 21.1. The van der Waals surface area contributed by atoms with Gasteiger partial charge in [-0.15, -0.1) is 0 Å². The van der Waals surface area contributed by atoms with Crippen LogP contribution in [0.4, 0.5) is 29.1 Å². The van der Waals surface area contributed by atoms with Crippen molar-refractivity contribution in [3.05, 3.63) is 53.9 Å². The number of H-pyrrole nitrogens is 1. The number of nitrogens with zero attached hydrogens (tertiary/aromatic N) is 2. The van der Waals surface area contributed by atoms with Crippen LogP contribution in [0, 0.1) is 11.6 Å². The zero-order valence-corrected chi connectivity index (χ0v) is 14.6. The first kappa shape index (κ1) is 18.3. The molecule has 2 N–H and O–H groups in total. The standard InChI is InChI=1S/C19H16F4N4O/c20-13-7-12-15(8-14(13)21)24-10-16(12)26-18(28)11-1-2-17(25-9-11)27-5-3-19(22,23)4-6-27/h1-2,7-10,24H,3-6H2,(H,26,28). The maximum absolute atomic E-state index is 13.5. The van der Waals surface area contributed by atoms with Gasteiger partial charge in [0.25, 0.3) is 11.8 Å². The summed E-state index contributed by atoms with van der Waals surface area (Å²) in [6.45, 7) is 0.395. The number of pyridine rings is 1. The number of fused-ring (bicyclic) bond motifs is 1. The van der Waals surface area contributed by atoms with E-state index in [1.165, 1.54) is 12.4 Å². The summed E-state index contributed by atoms with van der Waals surface area (Å²) in [5.41, 5.74) is 0.911. The molecule has 1 saturated heterocycles. The lowest BCUT2D eigenvalue weighted by atomic mass is 10.1. The van der Waals surface area contributed by atoms with Gasteiger partial charge in [-0.1, -0.05) is 0 Å². The Kier molecular flexibility index (Phi) is 4.44. The van der Waals surface area contributed by atoms with Gasteiger partial charge in [0.1, 0.15) is 5.82 Å². The number of carbonyl (C=O) groups is 1. The van der Waals surface area contributed by atoms with Crippen molar-refractivity contribution in [1.82, 2.24) is 9.97 Å². The molecule has 0 spiro atoms. The Morgan fingerprint density at radius 3 is 2.54 bits per heavy atom. The smallest absolute Gasteiger partial charge is 0.257 e. The number of hydrogen-bond acceptors (Lipinski definition) is 3. The van der Waals surface area contributed by atoms with E-state index in [1.807, 2.05) is 0 Å². The second-order valence-corrected chi connectivity index (χ2v) is 6.72. The minimum atomic E-state index is -2.64. The largest absolute Gasteiger partial charge is 0.359 e. The first-order valence-corrected chi connectivity index (χ1v) is 8.69. The number of anilines is 2. The van der Waals surface area contributed by atoms with Gasteiger partial charge < -0.3 is 15.2 Å². The number of piperidine rings is 1. The molecule has 1 aliphatic heterocycles. The minimum Gasteiger partial charge on any atom is -0.359 e. The summed E-state index contributed by atoms with van der Waals surface area (Å²) in [6, 6.07) is 5.16. The van der Waals surface area contributed by atoms with Gasteiger partial charge >= 0.3 is 0 Å². The molecule has 0 aliphatic carbocycles. The number of halogens is 4. The predicted octanol–water partition coefficient (Wildman–Crippen LogP) is 4.33. The summed E-state index contributed by atoms with van der Waals surface area (Å²) in [6.07, 6.45) is 2.34. The van der Waals surface area contributed by atoms with Crippen LogP contribution in [0.3, 0.4) is 0 Å². The number of nitrogens with one attached hydrogen (secondary N) is 2. The predicted molar refractivity (Wildman–Crippen MR) is 96.8 cm³/mol. The normalized spacial score (nSPS) is 16.4. The summed E-state index contributed by atoms with van der Waals surface area (Å²) in [5, 5.41) is 2.96. The monoisotopic (exact) mass is 392 g/mol. The molecule has 0 unspecified atom stereocenters. The third kappa shape index (κ3) is 3.51. The number of carbonyl (C=O) groups excluding carboxylic acids is 1. The van der Waals surface area contributed by atoms with Gasteiger partial charge in [-0.3, -0.25) is 4.79 Å². The zero-order chi connectivity index (χ0) is 19.9. The van der Waals surface area contributed by atoms with Crippen LogP contribution >= 0.6 is 0 Å². The van der Waals surface area contributed by atoms with Gasteiger partial charge in [-0.25, -0.2) is 22.5 Å². The molecule has 4 rings (SSSR count). The van der Waals surface area contributed by atoms with Crippen molar-refractivity contribution in [2.75, 3.05) is 23.3 Å². The molecule has 1 amide bonds. The van der Waals surface area contributed by atoms with Crippen LogP contribution in [0.2, 0.25) is 0 Å². The van der Waals surface area contributed by atoms with E-state index in [1.54, 1.807) is 17.0 Å². The van der Waals surface area contributed by atoms with Crippen LogP contribution in [0.25, 0.3) is 10.9 Å². The van der Waals surface area contributed by atoms with E-state index in [9.17, 15) is 22.4 Å². The maximum Gasteiger partial charge on any atom is 0.257 e. The highest BCUT2D eigenvalue weighted by Gasteiger charge is 2.34. The van der Waals surface area contributed by atoms with E-state index in [4.69, 9.17) is 0 Å². The van der Waals surface area contributed by atoms with Crippen LogP contribution in [0.1, 0.15) is 23.2 Å². The fourth-order valence-electron chi connectivity index (χ4n) is 3.19. The average molecular weight is 392 g/mol. The molecule has 0 atom stereocenters. The number of benzene rings is 1. The van der Waals surface area contributed by atoms with Gasteiger partial charge in [0.2, 0.25) is 0 Å². The summed E-state index contributed by atoms with van der Waals surface area (Å²) < 4.78 is 53.3. The Hall–Kier alpha value is -3.10. The lowest BCUT2D eigenvalue weighted by molar-refractivity contribution is -0.0221. The van der Waals surface area contributed by atoms with Crippen LogP contribution in [0.5, 0.6) is 0 Å². The molecule has 3 heterocycles. The molecule has 1 aliphatic rings. The van der Waals surface area contributed by atoms with E-state index in [2.05, 4.69) is 15.3 Å². The number of amides is 1. The maximum atomic E-state index is 13.5. The van der Waals surface area contributed by atoms with Gasteiger partial charge in [0.15, 0.2) is 11.6 Å². The highest BCUT2D eigenvalue weighted by atomic mass is 19.3. The van der Waals surface area contributed by atoms with Gasteiger partial charge in [0.05, 0.1) is 16.8 Å². The molecule has 3 aromatic rings. The fourth-order valence-corrected chi connectivity index (χ4v) is 3.19. The molecule has 0 radical (unpaired) electrons. The summed E-state index contributed by atoms with van der Waals surface area (Å²) >= 11 is 0. The van der Waals surface area contributed by atoms with E-state index in [0.717, 1.165) is 12.1 Å². The molecule has 2 aromatic heterocycles. The average Bonchev–Trinajstić information content (AvgIpc) is 3.04. The Balaban J connectivity index is 1.48. The number of aromatic amines is 1. The molecule has 146 valence electrons. The van der Waals surface area contributed by atoms with Crippen LogP contribution in [-0.4, -0.2) is 34.9 Å². The molecular weight excluding hydrogens is 376 g/mol. The van der Waals surface area contributed by atoms with E-state index >= 15 is 0 Å². The summed E-state index contributed by atoms with van der Waals surface area (Å²) in [7, 11) is 0. The van der Waals surface area contributed by atoms with Crippen molar-refractivity contribution < 1.29 is 22.4 Å².